The number of aromatic nitrogens is 2. The van der Waals surface area contributed by atoms with E-state index in [1.54, 1.807) is 12.1 Å². The van der Waals surface area contributed by atoms with Crippen molar-refractivity contribution in [3.05, 3.63) is 35.4 Å². The van der Waals surface area contributed by atoms with Gasteiger partial charge < -0.3 is 14.5 Å². The normalized spacial score (nSPS) is 14.2. The van der Waals surface area contributed by atoms with Gasteiger partial charge in [-0.1, -0.05) is 0 Å². The van der Waals surface area contributed by atoms with Crippen LogP contribution in [0.2, 0.25) is 0 Å². The van der Waals surface area contributed by atoms with Gasteiger partial charge in [0.25, 0.3) is 0 Å². The number of benzene rings is 1. The highest BCUT2D eigenvalue weighted by Gasteiger charge is 2.22. The maximum absolute atomic E-state index is 12.6. The lowest BCUT2D eigenvalue weighted by Crippen LogP contribution is -2.24. The molecule has 0 saturated carbocycles. The van der Waals surface area contributed by atoms with Crippen LogP contribution in [0.3, 0.4) is 0 Å². The molecule has 2 aromatic rings. The Morgan fingerprint density at radius 2 is 2.00 bits per heavy atom. The summed E-state index contributed by atoms with van der Waals surface area (Å²) < 4.78 is 38.0. The quantitative estimate of drug-likeness (QED) is 0.827. The number of ether oxygens (including phenoxy) is 2. The number of hydrogen-bond donors (Lipinski definition) is 2. The van der Waals surface area contributed by atoms with Crippen LogP contribution in [0.1, 0.15) is 30.1 Å². The van der Waals surface area contributed by atoms with Crippen molar-refractivity contribution in [1.82, 2.24) is 14.7 Å². The predicted molar refractivity (Wildman–Crippen MR) is 88.8 cm³/mol. The largest absolute Gasteiger partial charge is 0.497 e. The van der Waals surface area contributed by atoms with Crippen molar-refractivity contribution >= 4 is 10.0 Å². The molecule has 0 atom stereocenters. The van der Waals surface area contributed by atoms with Crippen molar-refractivity contribution in [1.29, 1.82) is 0 Å². The minimum absolute atomic E-state index is 0.0423. The van der Waals surface area contributed by atoms with Crippen molar-refractivity contribution < 1.29 is 17.9 Å². The molecule has 2 N–H and O–H groups in total. The van der Waals surface area contributed by atoms with Gasteiger partial charge in [0, 0.05) is 11.8 Å². The van der Waals surface area contributed by atoms with Crippen LogP contribution < -0.4 is 14.2 Å². The topological polar surface area (TPSA) is 93.3 Å². The van der Waals surface area contributed by atoms with Crippen molar-refractivity contribution in [3.63, 3.8) is 0 Å². The Morgan fingerprint density at radius 3 is 2.71 bits per heavy atom. The third kappa shape index (κ3) is 3.39. The van der Waals surface area contributed by atoms with Crippen LogP contribution >= 0.6 is 0 Å². The summed E-state index contributed by atoms with van der Waals surface area (Å²) in [7, 11) is -0.833. The van der Waals surface area contributed by atoms with E-state index in [1.165, 1.54) is 20.3 Å². The van der Waals surface area contributed by atoms with Crippen LogP contribution in [0.4, 0.5) is 0 Å². The molecule has 130 valence electrons. The zero-order valence-corrected chi connectivity index (χ0v) is 14.6. The average Bonchev–Trinajstić information content (AvgIpc) is 3.02. The van der Waals surface area contributed by atoms with Crippen molar-refractivity contribution in [3.8, 4) is 11.5 Å². The van der Waals surface area contributed by atoms with E-state index in [9.17, 15) is 8.42 Å². The molecule has 0 amide bonds. The van der Waals surface area contributed by atoms with E-state index in [-0.39, 0.29) is 17.2 Å². The Hall–Kier alpha value is -2.06. The highest BCUT2D eigenvalue weighted by Crippen LogP contribution is 2.28. The molecule has 0 saturated heterocycles. The Labute approximate surface area is 141 Å². The van der Waals surface area contributed by atoms with E-state index >= 15 is 0 Å². The molecule has 1 aromatic carbocycles. The number of aryl methyl sites for hydroxylation is 2. The van der Waals surface area contributed by atoms with Gasteiger partial charge in [-0.05, 0) is 37.8 Å². The van der Waals surface area contributed by atoms with Gasteiger partial charge in [0.15, 0.2) is 0 Å². The number of sulfonamides is 1. The van der Waals surface area contributed by atoms with Crippen molar-refractivity contribution in [2.24, 2.45) is 0 Å². The molecule has 1 aliphatic carbocycles. The molecule has 0 radical (unpaired) electrons. The predicted octanol–water partition coefficient (Wildman–Crippen LogP) is 1.78. The van der Waals surface area contributed by atoms with Crippen LogP contribution in [0, 0.1) is 0 Å². The Morgan fingerprint density at radius 1 is 1.21 bits per heavy atom. The minimum atomic E-state index is -3.75. The fourth-order valence-corrected chi connectivity index (χ4v) is 4.00. The first kappa shape index (κ1) is 16.8. The standard InChI is InChI=1S/C16H21N3O4S/c1-22-11-7-8-14(23-2)15(9-11)24(20,21)17-10-16-18-12-5-3-4-6-13(12)19-16/h7-9,17H,3-6,10H2,1-2H3,(H,18,19). The van der Waals surface area contributed by atoms with Gasteiger partial charge >= 0.3 is 0 Å². The molecule has 1 aliphatic rings. The summed E-state index contributed by atoms with van der Waals surface area (Å²) in [6.07, 6.45) is 4.19. The second-order valence-corrected chi connectivity index (χ2v) is 7.39. The summed E-state index contributed by atoms with van der Waals surface area (Å²) in [6, 6.07) is 4.66. The van der Waals surface area contributed by atoms with E-state index in [1.807, 2.05) is 0 Å². The molecule has 1 aromatic heterocycles. The average molecular weight is 351 g/mol. The Bertz CT molecular complexity index is 806. The van der Waals surface area contributed by atoms with Gasteiger partial charge in [-0.2, -0.15) is 0 Å². The maximum Gasteiger partial charge on any atom is 0.244 e. The lowest BCUT2D eigenvalue weighted by Gasteiger charge is -2.11. The highest BCUT2D eigenvalue weighted by atomic mass is 32.2. The van der Waals surface area contributed by atoms with Gasteiger partial charge in [-0.15, -0.1) is 0 Å². The summed E-state index contributed by atoms with van der Waals surface area (Å²) in [4.78, 5) is 7.74. The van der Waals surface area contributed by atoms with Crippen LogP contribution in [-0.4, -0.2) is 32.6 Å². The molecule has 0 spiro atoms. The van der Waals surface area contributed by atoms with Gasteiger partial charge in [0.1, 0.15) is 22.2 Å². The van der Waals surface area contributed by atoms with E-state index < -0.39 is 10.0 Å². The number of aromatic amines is 1. The molecule has 24 heavy (non-hydrogen) atoms. The molecule has 0 fully saturated rings. The first-order valence-corrected chi connectivity index (χ1v) is 9.30. The minimum Gasteiger partial charge on any atom is -0.497 e. The molecular weight excluding hydrogens is 330 g/mol. The van der Waals surface area contributed by atoms with Crippen molar-refractivity contribution in [2.45, 2.75) is 37.1 Å². The van der Waals surface area contributed by atoms with Crippen LogP contribution in [0.25, 0.3) is 0 Å². The summed E-state index contributed by atoms with van der Waals surface area (Å²) in [5, 5.41) is 0. The number of nitrogens with zero attached hydrogens (tertiary/aromatic N) is 1. The zero-order chi connectivity index (χ0) is 17.2. The van der Waals surface area contributed by atoms with Gasteiger partial charge in [0.2, 0.25) is 10.0 Å². The second kappa shape index (κ2) is 6.82. The molecule has 0 unspecified atom stereocenters. The summed E-state index contributed by atoms with van der Waals surface area (Å²) >= 11 is 0. The van der Waals surface area contributed by atoms with Crippen LogP contribution in [-0.2, 0) is 29.4 Å². The molecule has 8 heteroatoms. The maximum atomic E-state index is 12.6. The second-order valence-electron chi connectivity index (χ2n) is 5.66. The molecule has 1 heterocycles. The van der Waals surface area contributed by atoms with Crippen LogP contribution in [0.5, 0.6) is 11.5 Å². The molecule has 0 bridgehead atoms. The summed E-state index contributed by atoms with van der Waals surface area (Å²) in [6.45, 7) is 0.107. The fourth-order valence-electron chi connectivity index (χ4n) is 2.83. The van der Waals surface area contributed by atoms with Gasteiger partial charge in [0.05, 0.1) is 26.5 Å². The first-order valence-electron chi connectivity index (χ1n) is 7.82. The van der Waals surface area contributed by atoms with Crippen molar-refractivity contribution in [2.75, 3.05) is 14.2 Å². The Balaban J connectivity index is 1.80. The number of rotatable bonds is 6. The van der Waals surface area contributed by atoms with E-state index in [0.717, 1.165) is 37.1 Å². The number of imidazole rings is 1. The summed E-state index contributed by atoms with van der Waals surface area (Å²) in [5.41, 5.74) is 2.17. The lowest BCUT2D eigenvalue weighted by atomic mass is 10.0. The molecule has 7 nitrogen and oxygen atoms in total. The number of hydrogen-bond acceptors (Lipinski definition) is 5. The van der Waals surface area contributed by atoms with Gasteiger partial charge in [-0.3, -0.25) is 0 Å². The number of nitrogens with one attached hydrogen (secondary N) is 2. The summed E-state index contributed by atoms with van der Waals surface area (Å²) in [5.74, 6) is 1.35. The van der Waals surface area contributed by atoms with Crippen LogP contribution in [0.15, 0.2) is 23.1 Å². The fraction of sp³-hybridized carbons (Fsp3) is 0.438. The van der Waals surface area contributed by atoms with E-state index in [4.69, 9.17) is 9.47 Å². The van der Waals surface area contributed by atoms with E-state index in [0.29, 0.717) is 11.6 Å². The number of fused-ring (bicyclic) bond motifs is 1. The number of H-pyrrole nitrogens is 1. The molecule has 0 aliphatic heterocycles. The first-order chi connectivity index (χ1) is 11.5. The molecular formula is C16H21N3O4S. The monoisotopic (exact) mass is 351 g/mol. The zero-order valence-electron chi connectivity index (χ0n) is 13.8. The van der Waals surface area contributed by atoms with E-state index in [2.05, 4.69) is 14.7 Å². The highest BCUT2D eigenvalue weighted by molar-refractivity contribution is 7.89. The van der Waals surface area contributed by atoms with Gasteiger partial charge in [-0.25, -0.2) is 18.1 Å². The SMILES string of the molecule is COc1ccc(OC)c(S(=O)(=O)NCc2nc3c([nH]2)CCCC3)c1. The Kier molecular flexibility index (Phi) is 4.77. The number of methoxy groups -OCH3 is 2. The molecule has 3 rings (SSSR count). The third-order valence-electron chi connectivity index (χ3n) is 4.09. The smallest absolute Gasteiger partial charge is 0.244 e. The third-order valence-corrected chi connectivity index (χ3v) is 5.52. The lowest BCUT2D eigenvalue weighted by molar-refractivity contribution is 0.392.